The third-order valence-corrected chi connectivity index (χ3v) is 6.46. The van der Waals surface area contributed by atoms with Crippen molar-refractivity contribution >= 4 is 21.5 Å². The Morgan fingerprint density at radius 2 is 1.68 bits per heavy atom. The summed E-state index contributed by atoms with van der Waals surface area (Å²) in [6, 6.07) is 6.12. The highest BCUT2D eigenvalue weighted by Gasteiger charge is 2.29. The molecule has 0 unspecified atom stereocenters. The predicted octanol–water partition coefficient (Wildman–Crippen LogP) is 1.74. The first-order chi connectivity index (χ1) is 11.8. The Bertz CT molecular complexity index is 860. The molecule has 2 heterocycles. The molecule has 1 aliphatic heterocycles. The number of hydrogen-bond acceptors (Lipinski definition) is 5. The van der Waals surface area contributed by atoms with Crippen molar-refractivity contribution in [2.75, 3.05) is 31.1 Å². The molecule has 1 saturated heterocycles. The van der Waals surface area contributed by atoms with Gasteiger partial charge in [0.2, 0.25) is 10.0 Å². The molecule has 1 aromatic carbocycles. The van der Waals surface area contributed by atoms with Gasteiger partial charge in [-0.25, -0.2) is 8.42 Å². The van der Waals surface area contributed by atoms with Crippen molar-refractivity contribution in [1.82, 2.24) is 14.5 Å². The number of carbonyl (C=O) groups is 1. The van der Waals surface area contributed by atoms with Crippen LogP contribution >= 0.6 is 0 Å². The molecular weight excluding hydrogens is 340 g/mol. The number of rotatable bonds is 4. The Morgan fingerprint density at radius 1 is 1.08 bits per heavy atom. The van der Waals surface area contributed by atoms with Crippen LogP contribution in [0.1, 0.15) is 28.7 Å². The molecule has 0 amide bonds. The molecule has 8 heteroatoms. The number of sulfonamides is 1. The fourth-order valence-corrected chi connectivity index (χ4v) is 4.60. The summed E-state index contributed by atoms with van der Waals surface area (Å²) in [6.45, 7) is 7.44. The van der Waals surface area contributed by atoms with Gasteiger partial charge in [0.1, 0.15) is 0 Å². The van der Waals surface area contributed by atoms with Crippen LogP contribution in [0.4, 0.5) is 5.69 Å². The van der Waals surface area contributed by atoms with Gasteiger partial charge in [-0.3, -0.25) is 9.89 Å². The number of hydrogen-bond donors (Lipinski definition) is 1. The summed E-state index contributed by atoms with van der Waals surface area (Å²) in [5.41, 5.74) is 3.49. The lowest BCUT2D eigenvalue weighted by Crippen LogP contribution is -2.48. The third kappa shape index (κ3) is 3.32. The number of aromatic nitrogens is 2. The Hall–Kier alpha value is -2.19. The van der Waals surface area contributed by atoms with Gasteiger partial charge in [-0.2, -0.15) is 9.40 Å². The van der Waals surface area contributed by atoms with E-state index in [0.29, 0.717) is 31.7 Å². The standard InChI is InChI=1S/C17H22N4O3S/c1-12-17(13(2)19-18-12)20-8-10-21(11-9-20)25(23,24)16-6-4-15(5-7-16)14(3)22/h4-7H,8-11H2,1-3H3,(H,18,19). The first-order valence-electron chi connectivity index (χ1n) is 8.18. The largest absolute Gasteiger partial charge is 0.366 e. The highest BCUT2D eigenvalue weighted by atomic mass is 32.2. The highest BCUT2D eigenvalue weighted by molar-refractivity contribution is 7.89. The lowest BCUT2D eigenvalue weighted by Gasteiger charge is -2.35. The van der Waals surface area contributed by atoms with Crippen LogP contribution in [-0.2, 0) is 10.0 Å². The average Bonchev–Trinajstić information content (AvgIpc) is 2.93. The van der Waals surface area contributed by atoms with Gasteiger partial charge in [-0.15, -0.1) is 0 Å². The smallest absolute Gasteiger partial charge is 0.243 e. The molecule has 0 bridgehead atoms. The highest BCUT2D eigenvalue weighted by Crippen LogP contribution is 2.25. The summed E-state index contributed by atoms with van der Waals surface area (Å²) in [5, 5.41) is 7.17. The molecule has 0 radical (unpaired) electrons. The maximum absolute atomic E-state index is 12.8. The van der Waals surface area contributed by atoms with Crippen molar-refractivity contribution in [3.8, 4) is 0 Å². The summed E-state index contributed by atoms with van der Waals surface area (Å²) in [7, 11) is -3.55. The van der Waals surface area contributed by atoms with E-state index in [9.17, 15) is 13.2 Å². The zero-order valence-electron chi connectivity index (χ0n) is 14.6. The molecule has 0 aliphatic carbocycles. The van der Waals surface area contributed by atoms with Crippen LogP contribution in [0.2, 0.25) is 0 Å². The predicted molar refractivity (Wildman–Crippen MR) is 95.5 cm³/mol. The summed E-state index contributed by atoms with van der Waals surface area (Å²) < 4.78 is 27.1. The molecule has 0 saturated carbocycles. The van der Waals surface area contributed by atoms with Gasteiger partial charge in [-0.1, -0.05) is 12.1 Å². The number of piperazine rings is 1. The number of Topliss-reactive ketones (excluding diaryl/α,β-unsaturated/α-hetero) is 1. The lowest BCUT2D eigenvalue weighted by atomic mass is 10.2. The summed E-state index contributed by atoms with van der Waals surface area (Å²) >= 11 is 0. The van der Waals surface area contributed by atoms with Crippen molar-refractivity contribution in [1.29, 1.82) is 0 Å². The maximum atomic E-state index is 12.8. The van der Waals surface area contributed by atoms with Crippen LogP contribution in [0.15, 0.2) is 29.2 Å². The normalized spacial score (nSPS) is 16.2. The first-order valence-corrected chi connectivity index (χ1v) is 9.62. The van der Waals surface area contributed by atoms with E-state index in [-0.39, 0.29) is 10.7 Å². The monoisotopic (exact) mass is 362 g/mol. The topological polar surface area (TPSA) is 86.4 Å². The van der Waals surface area contributed by atoms with E-state index in [2.05, 4.69) is 15.1 Å². The second-order valence-electron chi connectivity index (χ2n) is 6.25. The number of nitrogens with one attached hydrogen (secondary N) is 1. The van der Waals surface area contributed by atoms with Crippen molar-refractivity contribution in [3.05, 3.63) is 41.2 Å². The molecule has 1 aliphatic rings. The second kappa shape index (κ2) is 6.61. The van der Waals surface area contributed by atoms with E-state index in [4.69, 9.17) is 0 Å². The van der Waals surface area contributed by atoms with Crippen molar-refractivity contribution in [2.45, 2.75) is 25.7 Å². The fraction of sp³-hybridized carbons (Fsp3) is 0.412. The summed E-state index contributed by atoms with van der Waals surface area (Å²) in [5.74, 6) is -0.0802. The van der Waals surface area contributed by atoms with Gasteiger partial charge < -0.3 is 4.90 Å². The van der Waals surface area contributed by atoms with Gasteiger partial charge in [-0.05, 0) is 32.9 Å². The van der Waals surface area contributed by atoms with Crippen LogP contribution in [0, 0.1) is 13.8 Å². The third-order valence-electron chi connectivity index (χ3n) is 4.54. The quantitative estimate of drug-likeness (QED) is 0.837. The number of aryl methyl sites for hydroxylation is 2. The number of nitrogens with zero attached hydrogens (tertiary/aromatic N) is 3. The Balaban J connectivity index is 1.74. The number of benzene rings is 1. The molecule has 25 heavy (non-hydrogen) atoms. The Labute approximate surface area is 147 Å². The molecule has 0 atom stereocenters. The molecular formula is C17H22N4O3S. The van der Waals surface area contributed by atoms with Crippen LogP contribution in [0.25, 0.3) is 0 Å². The number of anilines is 1. The van der Waals surface area contributed by atoms with Crippen molar-refractivity contribution < 1.29 is 13.2 Å². The number of aromatic amines is 1. The van der Waals surface area contributed by atoms with Crippen LogP contribution in [0.5, 0.6) is 0 Å². The maximum Gasteiger partial charge on any atom is 0.243 e. The van der Waals surface area contributed by atoms with Crippen LogP contribution in [0.3, 0.4) is 0 Å². The SMILES string of the molecule is CC(=O)c1ccc(S(=O)(=O)N2CCN(c3c(C)n[nH]c3C)CC2)cc1. The van der Waals surface area contributed by atoms with E-state index >= 15 is 0 Å². The fourth-order valence-electron chi connectivity index (χ4n) is 3.17. The minimum atomic E-state index is -3.55. The van der Waals surface area contributed by atoms with E-state index in [0.717, 1.165) is 17.1 Å². The molecule has 1 fully saturated rings. The van der Waals surface area contributed by atoms with Gasteiger partial charge in [0, 0.05) is 31.7 Å². The zero-order chi connectivity index (χ0) is 18.2. The first kappa shape index (κ1) is 17.6. The molecule has 3 rings (SSSR count). The molecule has 0 spiro atoms. The van der Waals surface area contributed by atoms with E-state index in [1.54, 1.807) is 12.1 Å². The van der Waals surface area contributed by atoms with E-state index in [1.165, 1.54) is 23.4 Å². The minimum absolute atomic E-state index is 0.0802. The van der Waals surface area contributed by atoms with Crippen LogP contribution < -0.4 is 4.90 Å². The minimum Gasteiger partial charge on any atom is -0.366 e. The average molecular weight is 362 g/mol. The van der Waals surface area contributed by atoms with Gasteiger partial charge >= 0.3 is 0 Å². The van der Waals surface area contributed by atoms with Crippen molar-refractivity contribution in [2.24, 2.45) is 0 Å². The second-order valence-corrected chi connectivity index (χ2v) is 8.19. The van der Waals surface area contributed by atoms with Gasteiger partial charge in [0.15, 0.2) is 5.78 Å². The molecule has 1 N–H and O–H groups in total. The Morgan fingerprint density at radius 3 is 2.16 bits per heavy atom. The van der Waals surface area contributed by atoms with E-state index in [1.807, 2.05) is 13.8 Å². The molecule has 2 aromatic rings. The van der Waals surface area contributed by atoms with Gasteiger partial charge in [0.25, 0.3) is 0 Å². The van der Waals surface area contributed by atoms with Gasteiger partial charge in [0.05, 0.1) is 22.0 Å². The molecule has 134 valence electrons. The number of carbonyl (C=O) groups excluding carboxylic acids is 1. The molecule has 1 aromatic heterocycles. The zero-order valence-corrected chi connectivity index (χ0v) is 15.4. The van der Waals surface area contributed by atoms with E-state index < -0.39 is 10.0 Å². The summed E-state index contributed by atoms with van der Waals surface area (Å²) in [4.78, 5) is 13.7. The van der Waals surface area contributed by atoms with Crippen LogP contribution in [-0.4, -0.2) is 54.9 Å². The molecule has 7 nitrogen and oxygen atoms in total. The van der Waals surface area contributed by atoms with Crippen molar-refractivity contribution in [3.63, 3.8) is 0 Å². The number of ketones is 1. The lowest BCUT2D eigenvalue weighted by molar-refractivity contribution is 0.101. The summed E-state index contributed by atoms with van der Waals surface area (Å²) in [6.07, 6.45) is 0. The number of H-pyrrole nitrogens is 1. The Kier molecular flexibility index (Phi) is 4.66.